The maximum atomic E-state index is 12.1. The fourth-order valence-electron chi connectivity index (χ4n) is 2.22. The van der Waals surface area contributed by atoms with Crippen molar-refractivity contribution in [1.82, 2.24) is 0 Å². The van der Waals surface area contributed by atoms with Crippen LogP contribution in [0.2, 0.25) is 0 Å². The van der Waals surface area contributed by atoms with E-state index in [0.29, 0.717) is 11.3 Å². The van der Waals surface area contributed by atoms with E-state index in [1.165, 1.54) is 6.08 Å². The Morgan fingerprint density at radius 2 is 2.26 bits per heavy atom. The molecule has 0 fully saturated rings. The van der Waals surface area contributed by atoms with Gasteiger partial charge in [0.2, 0.25) is 0 Å². The normalized spacial score (nSPS) is 17.4. The lowest BCUT2D eigenvalue weighted by atomic mass is 10.0. The Hall–Kier alpha value is -2.29. The number of hydrogen-bond donors (Lipinski definition) is 0. The van der Waals surface area contributed by atoms with Gasteiger partial charge >= 0.3 is 0 Å². The summed E-state index contributed by atoms with van der Waals surface area (Å²) in [5.41, 5.74) is 1.78. The summed E-state index contributed by atoms with van der Waals surface area (Å²) in [5.74, 6) is 1.53. The zero-order chi connectivity index (χ0) is 13.2. The molecular formula is C16H14O3. The highest BCUT2D eigenvalue weighted by molar-refractivity contribution is 6.06. The van der Waals surface area contributed by atoms with Crippen LogP contribution < -0.4 is 4.74 Å². The van der Waals surface area contributed by atoms with Gasteiger partial charge in [0.1, 0.15) is 17.6 Å². The van der Waals surface area contributed by atoms with Crippen LogP contribution >= 0.6 is 0 Å². The second-order valence-electron chi connectivity index (χ2n) is 4.67. The minimum absolute atomic E-state index is 0.0289. The molecule has 2 aromatic rings. The van der Waals surface area contributed by atoms with Crippen molar-refractivity contribution >= 4 is 11.9 Å². The fraction of sp³-hybridized carbons (Fsp3) is 0.188. The Bertz CT molecular complexity index is 623. The van der Waals surface area contributed by atoms with Crippen molar-refractivity contribution in [2.75, 3.05) is 0 Å². The molecule has 2 heterocycles. The lowest BCUT2D eigenvalue weighted by Crippen LogP contribution is -2.05. The van der Waals surface area contributed by atoms with E-state index in [1.54, 1.807) is 24.5 Å². The number of allylic oxidation sites excluding steroid dienone is 1. The van der Waals surface area contributed by atoms with Gasteiger partial charge in [-0.25, -0.2) is 0 Å². The van der Waals surface area contributed by atoms with E-state index in [4.69, 9.17) is 9.15 Å². The van der Waals surface area contributed by atoms with Crippen molar-refractivity contribution in [2.24, 2.45) is 0 Å². The Labute approximate surface area is 111 Å². The Morgan fingerprint density at radius 3 is 3.05 bits per heavy atom. The van der Waals surface area contributed by atoms with Gasteiger partial charge in [-0.2, -0.15) is 0 Å². The standard InChI is InChI=1S/C16H14O3/c1-11-9-13-10-12(4-7-16(13)19-11)15(17)6-5-14-3-2-8-18-14/h2-8,10-11H,9H2,1H3. The molecule has 1 aromatic heterocycles. The number of furan rings is 1. The van der Waals surface area contributed by atoms with E-state index in [1.807, 2.05) is 25.1 Å². The molecule has 0 aliphatic carbocycles. The number of rotatable bonds is 3. The SMILES string of the molecule is CC1Cc2cc(C(=O)C=Cc3ccco3)ccc2O1. The largest absolute Gasteiger partial charge is 0.490 e. The Kier molecular flexibility index (Phi) is 2.95. The number of ether oxygens (including phenoxy) is 1. The van der Waals surface area contributed by atoms with Gasteiger partial charge in [0.15, 0.2) is 5.78 Å². The summed E-state index contributed by atoms with van der Waals surface area (Å²) in [6.07, 6.45) is 5.84. The Morgan fingerprint density at radius 1 is 1.37 bits per heavy atom. The lowest BCUT2D eigenvalue weighted by Gasteiger charge is -2.02. The third kappa shape index (κ3) is 2.45. The fourth-order valence-corrected chi connectivity index (χ4v) is 2.22. The van der Waals surface area contributed by atoms with Gasteiger partial charge in [0.05, 0.1) is 6.26 Å². The first-order chi connectivity index (χ1) is 9.22. The third-order valence-corrected chi connectivity index (χ3v) is 3.12. The maximum absolute atomic E-state index is 12.1. The van der Waals surface area contributed by atoms with Crippen LogP contribution in [0.5, 0.6) is 5.75 Å². The zero-order valence-corrected chi connectivity index (χ0v) is 10.6. The monoisotopic (exact) mass is 254 g/mol. The smallest absolute Gasteiger partial charge is 0.185 e. The van der Waals surface area contributed by atoms with Crippen molar-refractivity contribution in [3.63, 3.8) is 0 Å². The first-order valence-electron chi connectivity index (χ1n) is 6.28. The van der Waals surface area contributed by atoms with E-state index in [9.17, 15) is 4.79 Å². The number of fused-ring (bicyclic) bond motifs is 1. The molecule has 1 aliphatic heterocycles. The first-order valence-corrected chi connectivity index (χ1v) is 6.28. The molecule has 0 spiro atoms. The lowest BCUT2D eigenvalue weighted by molar-refractivity contribution is 0.104. The summed E-state index contributed by atoms with van der Waals surface area (Å²) in [6, 6.07) is 9.17. The molecule has 0 radical (unpaired) electrons. The molecule has 0 saturated heterocycles. The molecule has 3 heteroatoms. The molecule has 19 heavy (non-hydrogen) atoms. The van der Waals surface area contributed by atoms with Crippen LogP contribution in [0.4, 0.5) is 0 Å². The molecule has 0 amide bonds. The van der Waals surface area contributed by atoms with Gasteiger partial charge in [-0.05, 0) is 55.0 Å². The Balaban J connectivity index is 1.79. The number of hydrogen-bond acceptors (Lipinski definition) is 3. The highest BCUT2D eigenvalue weighted by atomic mass is 16.5. The average molecular weight is 254 g/mol. The van der Waals surface area contributed by atoms with Crippen molar-refractivity contribution in [2.45, 2.75) is 19.4 Å². The molecule has 0 bridgehead atoms. The number of ketones is 1. The van der Waals surface area contributed by atoms with Gasteiger partial charge in [-0.1, -0.05) is 0 Å². The molecule has 3 rings (SSSR count). The molecule has 1 atom stereocenters. The molecule has 1 aliphatic rings. The van der Waals surface area contributed by atoms with Crippen LogP contribution in [0.25, 0.3) is 6.08 Å². The number of benzene rings is 1. The van der Waals surface area contributed by atoms with Crippen LogP contribution in [0.1, 0.15) is 28.6 Å². The molecule has 1 unspecified atom stereocenters. The van der Waals surface area contributed by atoms with E-state index in [0.717, 1.165) is 17.7 Å². The van der Waals surface area contributed by atoms with Crippen molar-refractivity contribution < 1.29 is 13.9 Å². The minimum atomic E-state index is -0.0289. The highest BCUT2D eigenvalue weighted by Crippen LogP contribution is 2.29. The maximum Gasteiger partial charge on any atom is 0.185 e. The van der Waals surface area contributed by atoms with Crippen molar-refractivity contribution in [1.29, 1.82) is 0 Å². The summed E-state index contributed by atoms with van der Waals surface area (Å²) < 4.78 is 10.8. The van der Waals surface area contributed by atoms with Crippen molar-refractivity contribution in [3.05, 3.63) is 59.6 Å². The van der Waals surface area contributed by atoms with Crippen LogP contribution in [-0.4, -0.2) is 11.9 Å². The van der Waals surface area contributed by atoms with Gasteiger partial charge < -0.3 is 9.15 Å². The van der Waals surface area contributed by atoms with Crippen LogP contribution in [-0.2, 0) is 6.42 Å². The quantitative estimate of drug-likeness (QED) is 0.621. The van der Waals surface area contributed by atoms with Crippen molar-refractivity contribution in [3.8, 4) is 5.75 Å². The summed E-state index contributed by atoms with van der Waals surface area (Å²) in [6.45, 7) is 2.03. The van der Waals surface area contributed by atoms with E-state index >= 15 is 0 Å². The number of carbonyl (C=O) groups excluding carboxylic acids is 1. The van der Waals surface area contributed by atoms with Crippen LogP contribution in [0, 0.1) is 0 Å². The van der Waals surface area contributed by atoms with Gasteiger partial charge in [0.25, 0.3) is 0 Å². The molecule has 3 nitrogen and oxygen atoms in total. The summed E-state index contributed by atoms with van der Waals surface area (Å²) in [7, 11) is 0. The predicted molar refractivity (Wildman–Crippen MR) is 72.3 cm³/mol. The van der Waals surface area contributed by atoms with Gasteiger partial charge in [0, 0.05) is 12.0 Å². The summed E-state index contributed by atoms with van der Waals surface area (Å²) in [4.78, 5) is 12.1. The zero-order valence-electron chi connectivity index (χ0n) is 10.6. The first kappa shape index (κ1) is 11.8. The number of carbonyl (C=O) groups is 1. The van der Waals surface area contributed by atoms with E-state index in [-0.39, 0.29) is 11.9 Å². The van der Waals surface area contributed by atoms with Gasteiger partial charge in [-0.3, -0.25) is 4.79 Å². The molecular weight excluding hydrogens is 240 g/mol. The highest BCUT2D eigenvalue weighted by Gasteiger charge is 2.19. The molecule has 96 valence electrons. The second-order valence-corrected chi connectivity index (χ2v) is 4.67. The topological polar surface area (TPSA) is 39.4 Å². The van der Waals surface area contributed by atoms with Crippen LogP contribution in [0.3, 0.4) is 0 Å². The summed E-state index contributed by atoms with van der Waals surface area (Å²) >= 11 is 0. The average Bonchev–Trinajstić information content (AvgIpc) is 3.02. The van der Waals surface area contributed by atoms with Gasteiger partial charge in [-0.15, -0.1) is 0 Å². The van der Waals surface area contributed by atoms with E-state index < -0.39 is 0 Å². The second kappa shape index (κ2) is 4.76. The van der Waals surface area contributed by atoms with E-state index in [2.05, 4.69) is 0 Å². The molecule has 0 N–H and O–H groups in total. The molecule has 1 aromatic carbocycles. The predicted octanol–water partition coefficient (Wildman–Crippen LogP) is 3.50. The summed E-state index contributed by atoms with van der Waals surface area (Å²) in [5, 5.41) is 0. The molecule has 0 saturated carbocycles. The minimum Gasteiger partial charge on any atom is -0.490 e. The third-order valence-electron chi connectivity index (χ3n) is 3.12. The van der Waals surface area contributed by atoms with Crippen LogP contribution in [0.15, 0.2) is 47.1 Å².